The molecule has 2 heterocycles. The minimum absolute atomic E-state index is 0.127. The molecule has 3 aromatic carbocycles. The number of hydrogen-bond acceptors (Lipinski definition) is 6. The second-order valence-electron chi connectivity index (χ2n) is 9.81. The van der Waals surface area contributed by atoms with Crippen molar-refractivity contribution in [2.75, 3.05) is 76.4 Å². The van der Waals surface area contributed by atoms with Gasteiger partial charge < -0.3 is 29.1 Å². The maximum atomic E-state index is 13.9. The number of benzene rings is 3. The van der Waals surface area contributed by atoms with Crippen LogP contribution in [0.4, 0.5) is 11.4 Å². The molecule has 2 saturated heterocycles. The molecule has 39 heavy (non-hydrogen) atoms. The summed E-state index contributed by atoms with van der Waals surface area (Å²) in [4.78, 5) is 36.0. The van der Waals surface area contributed by atoms with Crippen molar-refractivity contribution in [3.8, 4) is 11.5 Å². The quantitative estimate of drug-likeness (QED) is 0.438. The first-order valence-electron chi connectivity index (χ1n) is 13.5. The summed E-state index contributed by atoms with van der Waals surface area (Å²) in [5.74, 6) is 0.543. The van der Waals surface area contributed by atoms with Gasteiger partial charge in [0.25, 0.3) is 0 Å². The first kappa shape index (κ1) is 26.4. The largest absolute Gasteiger partial charge is 0.495 e. The highest BCUT2D eigenvalue weighted by Crippen LogP contribution is 2.31. The highest BCUT2D eigenvalue weighted by atomic mass is 16.5. The van der Waals surface area contributed by atoms with Crippen molar-refractivity contribution in [3.05, 3.63) is 84.4 Å². The van der Waals surface area contributed by atoms with Crippen LogP contribution in [-0.2, 0) is 9.59 Å². The molecule has 5 rings (SSSR count). The lowest BCUT2D eigenvalue weighted by molar-refractivity contribution is -0.143. The second-order valence-corrected chi connectivity index (χ2v) is 9.81. The highest BCUT2D eigenvalue weighted by Gasteiger charge is 2.37. The number of nitrogens with zero attached hydrogens (tertiary/aromatic N) is 4. The minimum atomic E-state index is -0.846. The number of piperazine rings is 2. The maximum Gasteiger partial charge on any atom is 0.239 e. The summed E-state index contributed by atoms with van der Waals surface area (Å²) in [7, 11) is 3.34. The SMILES string of the molecule is COc1ccccc1N1CCN(C(=O)C(C(=O)N2CCN(c3ccccc3OC)CC2)c2ccccc2)CC1. The summed E-state index contributed by atoms with van der Waals surface area (Å²) in [5.41, 5.74) is 2.79. The lowest BCUT2D eigenvalue weighted by Crippen LogP contribution is -2.54. The molecular weight excluding hydrogens is 492 g/mol. The molecule has 0 radical (unpaired) electrons. The molecule has 3 aromatic rings. The van der Waals surface area contributed by atoms with E-state index in [-0.39, 0.29) is 11.8 Å². The van der Waals surface area contributed by atoms with E-state index in [0.717, 1.165) is 28.4 Å². The van der Waals surface area contributed by atoms with E-state index in [4.69, 9.17) is 9.47 Å². The molecule has 8 heteroatoms. The van der Waals surface area contributed by atoms with Crippen LogP contribution in [0.5, 0.6) is 11.5 Å². The topological polar surface area (TPSA) is 65.6 Å². The van der Waals surface area contributed by atoms with Gasteiger partial charge in [-0.25, -0.2) is 0 Å². The molecule has 2 fully saturated rings. The standard InChI is InChI=1S/C31H36N4O4/c1-38-27-14-8-6-12-25(27)32-16-20-34(21-17-32)30(36)29(24-10-4-3-5-11-24)31(37)35-22-18-33(19-23-35)26-13-7-9-15-28(26)39-2/h3-15,29H,16-23H2,1-2H3. The van der Waals surface area contributed by atoms with Gasteiger partial charge in [0.2, 0.25) is 11.8 Å². The highest BCUT2D eigenvalue weighted by molar-refractivity contribution is 6.05. The summed E-state index contributed by atoms with van der Waals surface area (Å²) in [6, 6.07) is 25.3. The number of carbonyl (C=O) groups excluding carboxylic acids is 2. The number of anilines is 2. The molecule has 0 aromatic heterocycles. The average Bonchev–Trinajstić information content (AvgIpc) is 3.01. The number of methoxy groups -OCH3 is 2. The molecule has 2 aliphatic rings. The molecule has 0 saturated carbocycles. The Morgan fingerprint density at radius 2 is 0.949 bits per heavy atom. The molecule has 0 unspecified atom stereocenters. The van der Waals surface area contributed by atoms with Crippen LogP contribution in [0.25, 0.3) is 0 Å². The summed E-state index contributed by atoms with van der Waals surface area (Å²) < 4.78 is 11.1. The van der Waals surface area contributed by atoms with Gasteiger partial charge in [-0.1, -0.05) is 54.6 Å². The molecule has 0 spiro atoms. The van der Waals surface area contributed by atoms with Crippen molar-refractivity contribution in [2.24, 2.45) is 0 Å². The van der Waals surface area contributed by atoms with E-state index in [1.54, 1.807) is 14.2 Å². The van der Waals surface area contributed by atoms with E-state index < -0.39 is 5.92 Å². The van der Waals surface area contributed by atoms with Gasteiger partial charge in [-0.2, -0.15) is 0 Å². The summed E-state index contributed by atoms with van der Waals surface area (Å²) >= 11 is 0. The zero-order valence-corrected chi connectivity index (χ0v) is 22.7. The van der Waals surface area contributed by atoms with Gasteiger partial charge in [-0.3, -0.25) is 9.59 Å². The van der Waals surface area contributed by atoms with E-state index >= 15 is 0 Å². The predicted molar refractivity (Wildman–Crippen MR) is 153 cm³/mol. The van der Waals surface area contributed by atoms with Crippen LogP contribution in [-0.4, -0.2) is 88.2 Å². The summed E-state index contributed by atoms with van der Waals surface area (Å²) in [6.45, 7) is 4.92. The molecule has 0 bridgehead atoms. The smallest absolute Gasteiger partial charge is 0.239 e. The van der Waals surface area contributed by atoms with E-state index in [1.165, 1.54) is 0 Å². The second kappa shape index (κ2) is 12.1. The monoisotopic (exact) mass is 528 g/mol. The fourth-order valence-electron chi connectivity index (χ4n) is 5.52. The Hall–Kier alpha value is -4.20. The molecule has 0 aliphatic carbocycles. The lowest BCUT2D eigenvalue weighted by Gasteiger charge is -2.40. The Morgan fingerprint density at radius 1 is 0.564 bits per heavy atom. The van der Waals surface area contributed by atoms with Crippen LogP contribution in [0.2, 0.25) is 0 Å². The van der Waals surface area contributed by atoms with E-state index in [0.29, 0.717) is 52.4 Å². The van der Waals surface area contributed by atoms with Crippen LogP contribution < -0.4 is 19.3 Å². The number of amides is 2. The fraction of sp³-hybridized carbons (Fsp3) is 0.355. The third kappa shape index (κ3) is 5.65. The van der Waals surface area contributed by atoms with Crippen molar-refractivity contribution in [2.45, 2.75) is 5.92 Å². The Labute approximate surface area is 230 Å². The number of carbonyl (C=O) groups is 2. The first-order chi connectivity index (χ1) is 19.1. The van der Waals surface area contributed by atoms with Gasteiger partial charge in [-0.05, 0) is 29.8 Å². The third-order valence-corrected chi connectivity index (χ3v) is 7.66. The van der Waals surface area contributed by atoms with Gasteiger partial charge in [0.05, 0.1) is 25.6 Å². The van der Waals surface area contributed by atoms with Gasteiger partial charge in [0.15, 0.2) is 0 Å². The fourth-order valence-corrected chi connectivity index (χ4v) is 5.52. The number of para-hydroxylation sites is 4. The Balaban J connectivity index is 1.28. The zero-order chi connectivity index (χ0) is 27.2. The zero-order valence-electron chi connectivity index (χ0n) is 22.7. The minimum Gasteiger partial charge on any atom is -0.495 e. The Kier molecular flexibility index (Phi) is 8.20. The van der Waals surface area contributed by atoms with E-state index in [1.807, 2.05) is 88.7 Å². The van der Waals surface area contributed by atoms with Crippen molar-refractivity contribution < 1.29 is 19.1 Å². The molecule has 2 aliphatic heterocycles. The van der Waals surface area contributed by atoms with Gasteiger partial charge >= 0.3 is 0 Å². The molecule has 2 amide bonds. The molecule has 8 nitrogen and oxygen atoms in total. The molecular formula is C31H36N4O4. The van der Waals surface area contributed by atoms with Crippen molar-refractivity contribution in [1.82, 2.24) is 9.80 Å². The third-order valence-electron chi connectivity index (χ3n) is 7.66. The number of ether oxygens (including phenoxy) is 2. The number of rotatable bonds is 7. The maximum absolute atomic E-state index is 13.9. The molecule has 204 valence electrons. The molecule has 0 N–H and O–H groups in total. The van der Waals surface area contributed by atoms with Crippen molar-refractivity contribution >= 4 is 23.2 Å². The lowest BCUT2D eigenvalue weighted by atomic mass is 9.95. The Bertz CT molecular complexity index is 1190. The van der Waals surface area contributed by atoms with Crippen LogP contribution in [0.3, 0.4) is 0 Å². The Morgan fingerprint density at radius 3 is 1.36 bits per heavy atom. The normalized spacial score (nSPS) is 15.9. The van der Waals surface area contributed by atoms with Gasteiger partial charge in [0.1, 0.15) is 17.4 Å². The van der Waals surface area contributed by atoms with Gasteiger partial charge in [0, 0.05) is 52.4 Å². The molecule has 0 atom stereocenters. The van der Waals surface area contributed by atoms with Crippen LogP contribution in [0.1, 0.15) is 11.5 Å². The van der Waals surface area contributed by atoms with E-state index in [9.17, 15) is 9.59 Å². The average molecular weight is 529 g/mol. The van der Waals surface area contributed by atoms with Crippen LogP contribution in [0.15, 0.2) is 78.9 Å². The summed E-state index contributed by atoms with van der Waals surface area (Å²) in [6.07, 6.45) is 0. The van der Waals surface area contributed by atoms with Crippen molar-refractivity contribution in [1.29, 1.82) is 0 Å². The summed E-state index contributed by atoms with van der Waals surface area (Å²) in [5, 5.41) is 0. The van der Waals surface area contributed by atoms with Crippen LogP contribution in [0, 0.1) is 0 Å². The van der Waals surface area contributed by atoms with E-state index in [2.05, 4.69) is 9.80 Å². The van der Waals surface area contributed by atoms with Crippen LogP contribution >= 0.6 is 0 Å². The first-order valence-corrected chi connectivity index (χ1v) is 13.5. The van der Waals surface area contributed by atoms with Crippen molar-refractivity contribution in [3.63, 3.8) is 0 Å². The number of hydrogen-bond donors (Lipinski definition) is 0. The predicted octanol–water partition coefficient (Wildman–Crippen LogP) is 3.49. The van der Waals surface area contributed by atoms with Gasteiger partial charge in [-0.15, -0.1) is 0 Å².